The lowest BCUT2D eigenvalue weighted by atomic mass is 10.0. The van der Waals surface area contributed by atoms with Gasteiger partial charge in [-0.3, -0.25) is 19.8 Å². The first kappa shape index (κ1) is 22.0. The Labute approximate surface area is 186 Å². The summed E-state index contributed by atoms with van der Waals surface area (Å²) in [7, 11) is 0. The monoisotopic (exact) mass is 442 g/mol. The zero-order valence-corrected chi connectivity index (χ0v) is 18.8. The molecule has 0 aliphatic carbocycles. The molecule has 0 spiro atoms. The number of halogens is 1. The number of carbonyl (C=O) groups excluding carboxylic acids is 2. The Balaban J connectivity index is 1.93. The van der Waals surface area contributed by atoms with E-state index in [-0.39, 0.29) is 16.8 Å². The van der Waals surface area contributed by atoms with Crippen molar-refractivity contribution in [2.24, 2.45) is 0 Å². The van der Waals surface area contributed by atoms with E-state index in [0.717, 1.165) is 5.56 Å². The van der Waals surface area contributed by atoms with Crippen LogP contribution in [0.3, 0.4) is 0 Å². The van der Waals surface area contributed by atoms with E-state index in [1.54, 1.807) is 18.2 Å². The van der Waals surface area contributed by atoms with Gasteiger partial charge >= 0.3 is 0 Å². The number of ether oxygens (including phenoxy) is 1. The van der Waals surface area contributed by atoms with E-state index in [1.165, 1.54) is 11.0 Å². The summed E-state index contributed by atoms with van der Waals surface area (Å²) in [4.78, 5) is 26.9. The van der Waals surface area contributed by atoms with Crippen LogP contribution >= 0.6 is 23.8 Å². The molecule has 0 atom stereocenters. The van der Waals surface area contributed by atoms with Crippen molar-refractivity contribution >= 4 is 52.5 Å². The number of hydrogen-bond acceptors (Lipinski definition) is 4. The maximum absolute atomic E-state index is 13.1. The number of amides is 2. The molecule has 1 N–H and O–H groups in total. The summed E-state index contributed by atoms with van der Waals surface area (Å²) >= 11 is 11.5. The van der Waals surface area contributed by atoms with E-state index >= 15 is 0 Å². The van der Waals surface area contributed by atoms with Crippen LogP contribution in [0.15, 0.2) is 48.0 Å². The molecule has 0 radical (unpaired) electrons. The van der Waals surface area contributed by atoms with Crippen LogP contribution in [-0.4, -0.2) is 23.0 Å². The average Bonchev–Trinajstić information content (AvgIpc) is 2.67. The summed E-state index contributed by atoms with van der Waals surface area (Å²) in [6.45, 7) is 8.00. The predicted molar refractivity (Wildman–Crippen MR) is 124 cm³/mol. The topological polar surface area (TPSA) is 58.6 Å². The Hall–Kier alpha value is -2.70. The normalized spacial score (nSPS) is 15.9. The van der Waals surface area contributed by atoms with Crippen LogP contribution in [0.1, 0.15) is 44.7 Å². The average molecular weight is 443 g/mol. The maximum atomic E-state index is 13.1. The first-order chi connectivity index (χ1) is 14.2. The molecule has 1 aliphatic rings. The lowest BCUT2D eigenvalue weighted by molar-refractivity contribution is -0.122. The van der Waals surface area contributed by atoms with Gasteiger partial charge in [0.1, 0.15) is 11.3 Å². The molecule has 156 valence electrons. The highest BCUT2D eigenvalue weighted by atomic mass is 35.5. The second kappa shape index (κ2) is 8.98. The summed E-state index contributed by atoms with van der Waals surface area (Å²) in [5.74, 6) is -0.120. The summed E-state index contributed by atoms with van der Waals surface area (Å²) in [5.41, 5.74) is 2.33. The Morgan fingerprint density at radius 3 is 2.30 bits per heavy atom. The van der Waals surface area contributed by atoms with Crippen molar-refractivity contribution in [1.82, 2.24) is 5.32 Å². The fourth-order valence-electron chi connectivity index (χ4n) is 3.02. The van der Waals surface area contributed by atoms with Crippen LogP contribution < -0.4 is 15.0 Å². The Bertz CT molecular complexity index is 1030. The SMILES string of the molecule is CC(C)Oc1ccc(/C=C2\C(=O)NC(=S)N(c3ccc(C(C)C)cc3)C2=O)cc1Cl. The molecular formula is C23H23ClN2O3S. The van der Waals surface area contributed by atoms with Crippen molar-refractivity contribution in [3.63, 3.8) is 0 Å². The first-order valence-corrected chi connectivity index (χ1v) is 10.4. The molecule has 0 unspecified atom stereocenters. The number of rotatable bonds is 5. The third-order valence-electron chi connectivity index (χ3n) is 4.55. The van der Waals surface area contributed by atoms with E-state index in [1.807, 2.05) is 38.1 Å². The molecular weight excluding hydrogens is 420 g/mol. The van der Waals surface area contributed by atoms with Crippen molar-refractivity contribution in [3.05, 3.63) is 64.2 Å². The minimum Gasteiger partial charge on any atom is -0.489 e. The van der Waals surface area contributed by atoms with Gasteiger partial charge in [0, 0.05) is 0 Å². The van der Waals surface area contributed by atoms with E-state index in [9.17, 15) is 9.59 Å². The van der Waals surface area contributed by atoms with Crippen molar-refractivity contribution in [2.75, 3.05) is 4.90 Å². The standard InChI is InChI=1S/C23H23ClN2O3S/c1-13(2)16-6-8-17(9-7-16)26-22(28)18(21(27)25-23(26)30)11-15-5-10-20(19(24)12-15)29-14(3)4/h5-14H,1-4H3,(H,25,27,30)/b18-11+. The highest BCUT2D eigenvalue weighted by Gasteiger charge is 2.34. The lowest BCUT2D eigenvalue weighted by Gasteiger charge is -2.29. The predicted octanol–water partition coefficient (Wildman–Crippen LogP) is 5.08. The molecule has 2 aromatic carbocycles. The highest BCUT2D eigenvalue weighted by Crippen LogP contribution is 2.29. The van der Waals surface area contributed by atoms with Gasteiger partial charge in [-0.05, 0) is 73.5 Å². The van der Waals surface area contributed by atoms with E-state index in [2.05, 4.69) is 19.2 Å². The molecule has 5 nitrogen and oxygen atoms in total. The van der Waals surface area contributed by atoms with E-state index in [4.69, 9.17) is 28.6 Å². The highest BCUT2D eigenvalue weighted by molar-refractivity contribution is 7.80. The quantitative estimate of drug-likeness (QED) is 0.398. The smallest absolute Gasteiger partial charge is 0.270 e. The van der Waals surface area contributed by atoms with Gasteiger partial charge in [-0.25, -0.2) is 0 Å². The van der Waals surface area contributed by atoms with E-state index in [0.29, 0.717) is 27.9 Å². The molecule has 30 heavy (non-hydrogen) atoms. The number of benzene rings is 2. The summed E-state index contributed by atoms with van der Waals surface area (Å²) < 4.78 is 5.62. The number of hydrogen-bond donors (Lipinski definition) is 1. The zero-order chi connectivity index (χ0) is 22.0. The minimum absolute atomic E-state index is 0.0194. The Kier molecular flexibility index (Phi) is 6.58. The first-order valence-electron chi connectivity index (χ1n) is 9.65. The van der Waals surface area contributed by atoms with Crippen LogP contribution in [0.4, 0.5) is 5.69 Å². The van der Waals surface area contributed by atoms with Crippen LogP contribution in [0.5, 0.6) is 5.75 Å². The number of carbonyl (C=O) groups is 2. The van der Waals surface area contributed by atoms with Crippen LogP contribution in [-0.2, 0) is 9.59 Å². The summed E-state index contributed by atoms with van der Waals surface area (Å²) in [5, 5.41) is 3.04. The van der Waals surface area contributed by atoms with Crippen LogP contribution in [0.25, 0.3) is 6.08 Å². The largest absolute Gasteiger partial charge is 0.489 e. The number of nitrogens with one attached hydrogen (secondary N) is 1. The fourth-order valence-corrected chi connectivity index (χ4v) is 3.54. The lowest BCUT2D eigenvalue weighted by Crippen LogP contribution is -2.54. The molecule has 1 fully saturated rings. The van der Waals surface area contributed by atoms with Crippen molar-refractivity contribution in [3.8, 4) is 5.75 Å². The second-order valence-electron chi connectivity index (χ2n) is 7.56. The van der Waals surface area contributed by atoms with Gasteiger partial charge in [0.15, 0.2) is 5.11 Å². The molecule has 3 rings (SSSR count). The van der Waals surface area contributed by atoms with Crippen LogP contribution in [0.2, 0.25) is 5.02 Å². The number of thiocarbonyl (C=S) groups is 1. The van der Waals surface area contributed by atoms with Gasteiger partial charge in [0.2, 0.25) is 0 Å². The maximum Gasteiger partial charge on any atom is 0.270 e. The molecule has 7 heteroatoms. The van der Waals surface area contributed by atoms with Crippen LogP contribution in [0, 0.1) is 0 Å². The molecule has 2 amide bonds. The van der Waals surface area contributed by atoms with Gasteiger partial charge in [0.05, 0.1) is 16.8 Å². The number of nitrogens with zero attached hydrogens (tertiary/aromatic N) is 1. The Morgan fingerprint density at radius 1 is 1.07 bits per heavy atom. The summed E-state index contributed by atoms with van der Waals surface area (Å²) in [6, 6.07) is 12.7. The third-order valence-corrected chi connectivity index (χ3v) is 5.13. The van der Waals surface area contributed by atoms with Crippen molar-refractivity contribution < 1.29 is 14.3 Å². The molecule has 0 bridgehead atoms. The molecule has 1 aliphatic heterocycles. The van der Waals surface area contributed by atoms with Gasteiger partial charge < -0.3 is 4.74 Å². The zero-order valence-electron chi connectivity index (χ0n) is 17.2. The molecule has 0 saturated carbocycles. The fraction of sp³-hybridized carbons (Fsp3) is 0.261. The second-order valence-corrected chi connectivity index (χ2v) is 8.35. The molecule has 2 aromatic rings. The third kappa shape index (κ3) is 4.71. The molecule has 1 saturated heterocycles. The van der Waals surface area contributed by atoms with Gasteiger partial charge in [-0.15, -0.1) is 0 Å². The minimum atomic E-state index is -0.543. The summed E-state index contributed by atoms with van der Waals surface area (Å²) in [6.07, 6.45) is 1.48. The Morgan fingerprint density at radius 2 is 1.73 bits per heavy atom. The number of anilines is 1. The van der Waals surface area contributed by atoms with Crippen molar-refractivity contribution in [2.45, 2.75) is 39.7 Å². The molecule has 1 heterocycles. The van der Waals surface area contributed by atoms with Gasteiger partial charge in [-0.1, -0.05) is 43.6 Å². The molecule has 0 aromatic heterocycles. The van der Waals surface area contributed by atoms with Crippen molar-refractivity contribution in [1.29, 1.82) is 0 Å². The van der Waals surface area contributed by atoms with Gasteiger partial charge in [-0.2, -0.15) is 0 Å². The van der Waals surface area contributed by atoms with Gasteiger partial charge in [0.25, 0.3) is 11.8 Å². The van der Waals surface area contributed by atoms with E-state index < -0.39 is 11.8 Å².